The van der Waals surface area contributed by atoms with Crippen molar-refractivity contribution < 1.29 is 14.6 Å². The van der Waals surface area contributed by atoms with Gasteiger partial charge in [-0.2, -0.15) is 0 Å². The van der Waals surface area contributed by atoms with Gasteiger partial charge < -0.3 is 9.84 Å². The van der Waals surface area contributed by atoms with Crippen molar-refractivity contribution in [2.45, 2.75) is 6.61 Å². The van der Waals surface area contributed by atoms with Gasteiger partial charge in [0.25, 0.3) is 11.1 Å². The summed E-state index contributed by atoms with van der Waals surface area (Å²) in [5.41, 5.74) is 0.565. The molecule has 0 saturated carbocycles. The van der Waals surface area contributed by atoms with E-state index in [1.54, 1.807) is 36.7 Å². The maximum Gasteiger partial charge on any atom is 0.345 e. The normalized spacial score (nSPS) is 10.5. The van der Waals surface area contributed by atoms with Gasteiger partial charge in [0.1, 0.15) is 16.9 Å². The van der Waals surface area contributed by atoms with Crippen molar-refractivity contribution in [3.63, 3.8) is 0 Å². The number of nitrogens with zero attached hydrogens (tertiary/aromatic N) is 4. The third-order valence-corrected chi connectivity index (χ3v) is 4.98. The van der Waals surface area contributed by atoms with Crippen molar-refractivity contribution in [1.82, 2.24) is 18.8 Å². The van der Waals surface area contributed by atoms with Gasteiger partial charge in [0.2, 0.25) is 0 Å². The van der Waals surface area contributed by atoms with E-state index in [9.17, 15) is 14.4 Å². The molecule has 0 aliphatic rings. The lowest BCUT2D eigenvalue weighted by molar-refractivity contribution is 0.0598. The molecule has 4 aromatic heterocycles. The number of pyridine rings is 2. The third-order valence-electron chi connectivity index (χ3n) is 3.99. The number of carbonyl (C=O) groups is 1. The number of aliphatic hydroxyl groups excluding tert-OH is 1. The third kappa shape index (κ3) is 4.48. The minimum Gasteiger partial charge on any atom is -0.465 e. The highest BCUT2D eigenvalue weighted by molar-refractivity contribution is 9.10. The molecule has 4 rings (SSSR count). The van der Waals surface area contributed by atoms with Crippen molar-refractivity contribution in [3.8, 4) is 0 Å². The van der Waals surface area contributed by atoms with E-state index in [1.165, 1.54) is 28.3 Å². The number of aromatic nitrogens is 4. The molecule has 1 N–H and O–H groups in total. The molecule has 11 heteroatoms. The SMILES string of the molecule is COC(=O)c1cnc2cc(Br)ccn2c1=O.O=c1c(CO)cnc2cc(Br)ccn12. The van der Waals surface area contributed by atoms with Crippen LogP contribution in [0.4, 0.5) is 0 Å². The van der Waals surface area contributed by atoms with Crippen LogP contribution < -0.4 is 11.1 Å². The number of ether oxygens (including phenoxy) is 1. The molecule has 0 aliphatic carbocycles. The van der Waals surface area contributed by atoms with Crippen LogP contribution in [0.15, 0.2) is 67.6 Å². The summed E-state index contributed by atoms with van der Waals surface area (Å²) < 4.78 is 8.85. The molecule has 154 valence electrons. The number of halogens is 2. The summed E-state index contributed by atoms with van der Waals surface area (Å²) in [5, 5.41) is 8.87. The van der Waals surface area contributed by atoms with E-state index in [-0.39, 0.29) is 17.7 Å². The zero-order valence-electron chi connectivity index (χ0n) is 15.5. The predicted molar refractivity (Wildman–Crippen MR) is 116 cm³/mol. The Morgan fingerprint density at radius 2 is 1.53 bits per heavy atom. The molecule has 0 bridgehead atoms. The Labute approximate surface area is 185 Å². The van der Waals surface area contributed by atoms with Crippen LogP contribution in [0.1, 0.15) is 15.9 Å². The summed E-state index contributed by atoms with van der Waals surface area (Å²) in [5.74, 6) is -0.685. The van der Waals surface area contributed by atoms with E-state index in [2.05, 4.69) is 46.6 Å². The van der Waals surface area contributed by atoms with E-state index in [4.69, 9.17) is 5.11 Å². The molecule has 0 saturated heterocycles. The average molecular weight is 538 g/mol. The van der Waals surface area contributed by atoms with Crippen molar-refractivity contribution in [1.29, 1.82) is 0 Å². The van der Waals surface area contributed by atoms with Crippen LogP contribution >= 0.6 is 31.9 Å². The molecule has 0 aliphatic heterocycles. The first kappa shape index (κ1) is 21.8. The van der Waals surface area contributed by atoms with Gasteiger partial charge in [0, 0.05) is 33.7 Å². The summed E-state index contributed by atoms with van der Waals surface area (Å²) in [6.07, 6.45) is 5.77. The van der Waals surface area contributed by atoms with Gasteiger partial charge in [0.05, 0.1) is 19.3 Å². The quantitative estimate of drug-likeness (QED) is 0.390. The molecule has 4 heterocycles. The monoisotopic (exact) mass is 536 g/mol. The molecule has 0 aromatic carbocycles. The lowest BCUT2D eigenvalue weighted by Gasteiger charge is -2.02. The van der Waals surface area contributed by atoms with Crippen molar-refractivity contribution in [2.75, 3.05) is 7.11 Å². The Kier molecular flexibility index (Phi) is 6.75. The summed E-state index contributed by atoms with van der Waals surface area (Å²) in [6, 6.07) is 6.86. The number of hydrogen-bond donors (Lipinski definition) is 1. The second-order valence-corrected chi connectivity index (χ2v) is 7.69. The molecule has 4 aromatic rings. The highest BCUT2D eigenvalue weighted by Crippen LogP contribution is 2.11. The Bertz CT molecular complexity index is 1370. The molecule has 9 nitrogen and oxygen atoms in total. The maximum absolute atomic E-state index is 11.8. The molecule has 0 radical (unpaired) electrons. The fourth-order valence-electron chi connectivity index (χ4n) is 2.50. The highest BCUT2D eigenvalue weighted by atomic mass is 79.9. The van der Waals surface area contributed by atoms with Gasteiger partial charge in [0.15, 0.2) is 0 Å². The van der Waals surface area contributed by atoms with E-state index in [0.29, 0.717) is 16.9 Å². The lowest BCUT2D eigenvalue weighted by atomic mass is 10.3. The minimum absolute atomic E-state index is 0.0812. The number of carbonyl (C=O) groups excluding carboxylic acids is 1. The van der Waals surface area contributed by atoms with Crippen LogP contribution in [-0.2, 0) is 11.3 Å². The average Bonchev–Trinajstić information content (AvgIpc) is 2.74. The first-order valence-electron chi connectivity index (χ1n) is 8.37. The Morgan fingerprint density at radius 3 is 2.07 bits per heavy atom. The number of aliphatic hydroxyl groups is 1. The molecular weight excluding hydrogens is 524 g/mol. The molecule has 0 spiro atoms. The smallest absolute Gasteiger partial charge is 0.345 e. The Balaban J connectivity index is 0.000000172. The fourth-order valence-corrected chi connectivity index (χ4v) is 3.14. The van der Waals surface area contributed by atoms with E-state index >= 15 is 0 Å². The summed E-state index contributed by atoms with van der Waals surface area (Å²) in [4.78, 5) is 42.8. The summed E-state index contributed by atoms with van der Waals surface area (Å²) in [6.45, 7) is -0.287. The van der Waals surface area contributed by atoms with Gasteiger partial charge in [-0.3, -0.25) is 18.4 Å². The van der Waals surface area contributed by atoms with Gasteiger partial charge in [-0.15, -0.1) is 0 Å². The van der Waals surface area contributed by atoms with Crippen molar-refractivity contribution in [3.05, 3.63) is 89.8 Å². The number of fused-ring (bicyclic) bond motifs is 2. The Hall–Kier alpha value is -2.89. The lowest BCUT2D eigenvalue weighted by Crippen LogP contribution is -2.23. The number of rotatable bonds is 2. The molecule has 0 atom stereocenters. The molecule has 0 unspecified atom stereocenters. The molecule has 0 amide bonds. The van der Waals surface area contributed by atoms with Gasteiger partial charge in [-0.1, -0.05) is 31.9 Å². The van der Waals surface area contributed by atoms with Crippen molar-refractivity contribution in [2.24, 2.45) is 0 Å². The number of hydrogen-bond acceptors (Lipinski definition) is 7. The van der Waals surface area contributed by atoms with E-state index in [1.807, 2.05) is 0 Å². The second kappa shape index (κ2) is 9.28. The fraction of sp³-hybridized carbons (Fsp3) is 0.105. The van der Waals surface area contributed by atoms with Crippen LogP contribution in [0.3, 0.4) is 0 Å². The maximum atomic E-state index is 11.8. The summed E-state index contributed by atoms with van der Waals surface area (Å²) in [7, 11) is 1.22. The number of esters is 1. The summed E-state index contributed by atoms with van der Waals surface area (Å²) >= 11 is 6.56. The van der Waals surface area contributed by atoms with E-state index < -0.39 is 11.5 Å². The van der Waals surface area contributed by atoms with Gasteiger partial charge in [-0.05, 0) is 24.3 Å². The molecular formula is C19H14Br2N4O5. The second-order valence-electron chi connectivity index (χ2n) is 5.86. The largest absolute Gasteiger partial charge is 0.465 e. The van der Waals surface area contributed by atoms with Crippen LogP contribution in [0, 0.1) is 0 Å². The standard InChI is InChI=1S/C10H7BrN2O3.C9H7BrN2O2/c1-16-10(15)7-5-12-8-4-6(11)2-3-13(8)9(7)14;10-7-1-2-12-8(3-7)11-4-6(5-13)9(12)14/h2-5H,1H3;1-4,13H,5H2. The van der Waals surface area contributed by atoms with Crippen LogP contribution in [-0.4, -0.2) is 37.0 Å². The zero-order chi connectivity index (χ0) is 21.8. The van der Waals surface area contributed by atoms with Gasteiger partial charge in [-0.25, -0.2) is 14.8 Å². The highest BCUT2D eigenvalue weighted by Gasteiger charge is 2.13. The van der Waals surface area contributed by atoms with Gasteiger partial charge >= 0.3 is 5.97 Å². The first-order valence-corrected chi connectivity index (χ1v) is 9.96. The zero-order valence-corrected chi connectivity index (χ0v) is 18.6. The van der Waals surface area contributed by atoms with Crippen molar-refractivity contribution >= 4 is 49.1 Å². The predicted octanol–water partition coefficient (Wildman–Crippen LogP) is 2.19. The van der Waals surface area contributed by atoms with Crippen LogP contribution in [0.5, 0.6) is 0 Å². The molecule has 30 heavy (non-hydrogen) atoms. The first-order chi connectivity index (χ1) is 14.3. The Morgan fingerprint density at radius 1 is 1.00 bits per heavy atom. The van der Waals surface area contributed by atoms with Crippen LogP contribution in [0.25, 0.3) is 11.3 Å². The van der Waals surface area contributed by atoms with Crippen LogP contribution in [0.2, 0.25) is 0 Å². The number of methoxy groups -OCH3 is 1. The molecule has 0 fully saturated rings. The topological polar surface area (TPSA) is 115 Å². The van der Waals surface area contributed by atoms with E-state index in [0.717, 1.165) is 8.95 Å². The minimum atomic E-state index is -0.685.